The van der Waals surface area contributed by atoms with Crippen molar-refractivity contribution in [1.29, 1.82) is 0 Å². The molecule has 0 atom stereocenters. The number of carbonyl (C=O) groups is 1. The van der Waals surface area contributed by atoms with E-state index in [0.29, 0.717) is 23.1 Å². The molecule has 1 saturated carbocycles. The summed E-state index contributed by atoms with van der Waals surface area (Å²) >= 11 is 0. The number of alkyl carbamates (subject to hydrolysis) is 1. The van der Waals surface area contributed by atoms with Crippen molar-refractivity contribution in [3.8, 4) is 5.69 Å². The van der Waals surface area contributed by atoms with E-state index in [-0.39, 0.29) is 17.0 Å². The smallest absolute Gasteiger partial charge is 0.407 e. The van der Waals surface area contributed by atoms with Gasteiger partial charge < -0.3 is 15.4 Å². The number of anilines is 1. The van der Waals surface area contributed by atoms with Crippen molar-refractivity contribution in [3.05, 3.63) is 36.8 Å². The summed E-state index contributed by atoms with van der Waals surface area (Å²) in [7, 11) is -3.26. The van der Waals surface area contributed by atoms with Gasteiger partial charge >= 0.3 is 6.09 Å². The molecule has 1 aromatic carbocycles. The van der Waals surface area contributed by atoms with Crippen LogP contribution in [0.25, 0.3) is 16.7 Å². The Bertz CT molecular complexity index is 1290. The molecule has 3 aromatic rings. The highest BCUT2D eigenvalue weighted by Gasteiger charge is 2.25. The van der Waals surface area contributed by atoms with Crippen molar-refractivity contribution >= 4 is 32.8 Å². The number of carbonyl (C=O) groups excluding carboxylic acids is 1. The minimum Gasteiger partial charge on any atom is -0.444 e. The van der Waals surface area contributed by atoms with Crippen LogP contribution < -0.4 is 10.6 Å². The summed E-state index contributed by atoms with van der Waals surface area (Å²) < 4.78 is 30.5. The van der Waals surface area contributed by atoms with Gasteiger partial charge in [-0.1, -0.05) is 0 Å². The van der Waals surface area contributed by atoms with Gasteiger partial charge in [0.25, 0.3) is 0 Å². The Hall–Kier alpha value is -3.21. The third-order valence-electron chi connectivity index (χ3n) is 6.00. The SMILES string of the molecule is CC(C)(C)OC(=O)NC1CCC(CNc2ncnc3c2cnn3-c2ccc(S(C)(=O)=O)cc2)CC1. The number of nitrogens with one attached hydrogen (secondary N) is 2. The number of rotatable bonds is 6. The van der Waals surface area contributed by atoms with E-state index in [2.05, 4.69) is 25.7 Å². The molecule has 0 saturated heterocycles. The Balaban J connectivity index is 1.36. The lowest BCUT2D eigenvalue weighted by atomic mass is 9.86. The summed E-state index contributed by atoms with van der Waals surface area (Å²) in [6, 6.07) is 6.68. The third-order valence-corrected chi connectivity index (χ3v) is 7.13. The van der Waals surface area contributed by atoms with Crippen LogP contribution in [0.4, 0.5) is 10.6 Å². The number of amides is 1. The molecule has 2 aromatic heterocycles. The molecule has 2 N–H and O–H groups in total. The highest BCUT2D eigenvalue weighted by molar-refractivity contribution is 7.90. The Morgan fingerprint density at radius 2 is 1.80 bits per heavy atom. The second-order valence-corrected chi connectivity index (χ2v) is 12.0. The van der Waals surface area contributed by atoms with Crippen molar-refractivity contribution in [2.45, 2.75) is 63.0 Å². The molecule has 1 fully saturated rings. The maximum atomic E-state index is 12.0. The number of hydrogen-bond acceptors (Lipinski definition) is 8. The molecular weight excluding hydrogens is 468 g/mol. The lowest BCUT2D eigenvalue weighted by Crippen LogP contribution is -2.41. The molecule has 1 aliphatic carbocycles. The van der Waals surface area contributed by atoms with E-state index in [1.807, 2.05) is 20.8 Å². The third kappa shape index (κ3) is 6.27. The maximum absolute atomic E-state index is 12.0. The summed E-state index contributed by atoms with van der Waals surface area (Å²) in [5, 5.41) is 11.7. The molecule has 1 amide bonds. The van der Waals surface area contributed by atoms with Gasteiger partial charge in [-0.05, 0) is 76.6 Å². The molecule has 11 heteroatoms. The molecule has 35 heavy (non-hydrogen) atoms. The van der Waals surface area contributed by atoms with E-state index in [0.717, 1.165) is 37.6 Å². The fourth-order valence-corrected chi connectivity index (χ4v) is 4.87. The number of benzene rings is 1. The lowest BCUT2D eigenvalue weighted by molar-refractivity contribution is 0.0488. The van der Waals surface area contributed by atoms with Crippen molar-refractivity contribution in [1.82, 2.24) is 25.1 Å². The molecule has 0 bridgehead atoms. The minimum absolute atomic E-state index is 0.138. The fraction of sp³-hybridized carbons (Fsp3) is 0.500. The van der Waals surface area contributed by atoms with E-state index in [9.17, 15) is 13.2 Å². The minimum atomic E-state index is -3.26. The van der Waals surface area contributed by atoms with Crippen LogP contribution in [0.5, 0.6) is 0 Å². The normalized spacial score (nSPS) is 18.9. The van der Waals surface area contributed by atoms with Gasteiger partial charge in [-0.2, -0.15) is 5.10 Å². The second-order valence-electron chi connectivity index (χ2n) is 10.0. The summed E-state index contributed by atoms with van der Waals surface area (Å²) in [6.45, 7) is 6.34. The molecule has 0 aliphatic heterocycles. The first kappa shape index (κ1) is 24.9. The van der Waals surface area contributed by atoms with Gasteiger partial charge in [-0.3, -0.25) is 0 Å². The van der Waals surface area contributed by atoms with Crippen LogP contribution >= 0.6 is 0 Å². The topological polar surface area (TPSA) is 128 Å². The molecule has 188 valence electrons. The fourth-order valence-electron chi connectivity index (χ4n) is 4.23. The molecule has 10 nitrogen and oxygen atoms in total. The predicted molar refractivity (Wildman–Crippen MR) is 133 cm³/mol. The molecule has 1 aliphatic rings. The van der Waals surface area contributed by atoms with Crippen LogP contribution in [0, 0.1) is 5.92 Å². The number of aromatic nitrogens is 4. The highest BCUT2D eigenvalue weighted by atomic mass is 32.2. The molecule has 2 heterocycles. The van der Waals surface area contributed by atoms with Crippen LogP contribution in [0.2, 0.25) is 0 Å². The number of sulfone groups is 1. The first-order valence-corrected chi connectivity index (χ1v) is 13.6. The number of hydrogen-bond donors (Lipinski definition) is 2. The van der Waals surface area contributed by atoms with Gasteiger partial charge in [0.2, 0.25) is 0 Å². The molecule has 0 unspecified atom stereocenters. The van der Waals surface area contributed by atoms with E-state index in [1.54, 1.807) is 35.1 Å². The summed E-state index contributed by atoms with van der Waals surface area (Å²) in [4.78, 5) is 21.1. The first-order chi connectivity index (χ1) is 16.5. The zero-order valence-electron chi connectivity index (χ0n) is 20.5. The average molecular weight is 501 g/mol. The van der Waals surface area contributed by atoms with E-state index < -0.39 is 15.4 Å². The first-order valence-electron chi connectivity index (χ1n) is 11.7. The van der Waals surface area contributed by atoms with Crippen LogP contribution in [0.15, 0.2) is 41.7 Å². The second kappa shape index (κ2) is 9.80. The Morgan fingerprint density at radius 1 is 1.11 bits per heavy atom. The van der Waals surface area contributed by atoms with Crippen LogP contribution in [-0.4, -0.2) is 58.7 Å². The Kier molecular flexibility index (Phi) is 6.98. The predicted octanol–water partition coefficient (Wildman–Crippen LogP) is 3.71. The molecule has 0 radical (unpaired) electrons. The summed E-state index contributed by atoms with van der Waals surface area (Å²) in [6.07, 6.45) is 7.84. The lowest BCUT2D eigenvalue weighted by Gasteiger charge is -2.30. The van der Waals surface area contributed by atoms with E-state index in [4.69, 9.17) is 4.74 Å². The molecular formula is C24H32N6O4S. The number of nitrogens with zero attached hydrogens (tertiary/aromatic N) is 4. The van der Waals surface area contributed by atoms with Crippen molar-refractivity contribution in [2.75, 3.05) is 18.1 Å². The van der Waals surface area contributed by atoms with Crippen molar-refractivity contribution in [2.24, 2.45) is 5.92 Å². The zero-order chi connectivity index (χ0) is 25.2. The maximum Gasteiger partial charge on any atom is 0.407 e. The summed E-state index contributed by atoms with van der Waals surface area (Å²) in [5.74, 6) is 1.18. The number of ether oxygens (including phenoxy) is 1. The standard InChI is InChI=1S/C24H32N6O4S/c1-24(2,3)34-23(31)29-17-7-5-16(6-8-17)13-25-21-20-14-28-30(22(20)27-15-26-21)18-9-11-19(12-10-18)35(4,32)33/h9-12,14-17H,5-8,13H2,1-4H3,(H,29,31)(H,25,26,27). The monoisotopic (exact) mass is 500 g/mol. The van der Waals surface area contributed by atoms with Gasteiger partial charge in [-0.15, -0.1) is 0 Å². The van der Waals surface area contributed by atoms with Crippen molar-refractivity contribution in [3.63, 3.8) is 0 Å². The summed E-state index contributed by atoms with van der Waals surface area (Å²) in [5.41, 5.74) is 0.856. The van der Waals surface area contributed by atoms with E-state index >= 15 is 0 Å². The Labute approximate surface area is 205 Å². The van der Waals surface area contributed by atoms with Crippen LogP contribution in [-0.2, 0) is 14.6 Å². The van der Waals surface area contributed by atoms with Gasteiger partial charge in [-0.25, -0.2) is 27.9 Å². The van der Waals surface area contributed by atoms with Crippen LogP contribution in [0.1, 0.15) is 46.5 Å². The largest absolute Gasteiger partial charge is 0.444 e. The van der Waals surface area contributed by atoms with Gasteiger partial charge in [0.05, 0.1) is 22.2 Å². The highest BCUT2D eigenvalue weighted by Crippen LogP contribution is 2.27. The number of fused-ring (bicyclic) bond motifs is 1. The molecule has 4 rings (SSSR count). The Morgan fingerprint density at radius 3 is 2.43 bits per heavy atom. The van der Waals surface area contributed by atoms with Crippen molar-refractivity contribution < 1.29 is 17.9 Å². The quantitative estimate of drug-likeness (QED) is 0.524. The van der Waals surface area contributed by atoms with Gasteiger partial charge in [0.1, 0.15) is 17.7 Å². The molecule has 0 spiro atoms. The zero-order valence-corrected chi connectivity index (χ0v) is 21.3. The van der Waals surface area contributed by atoms with Crippen LogP contribution in [0.3, 0.4) is 0 Å². The van der Waals surface area contributed by atoms with E-state index in [1.165, 1.54) is 12.6 Å². The average Bonchev–Trinajstić information content (AvgIpc) is 3.22. The van der Waals surface area contributed by atoms with Gasteiger partial charge in [0.15, 0.2) is 15.5 Å². The van der Waals surface area contributed by atoms with Gasteiger partial charge in [0, 0.05) is 18.8 Å².